The lowest BCUT2D eigenvalue weighted by atomic mass is 9.83. The van der Waals surface area contributed by atoms with E-state index in [1.807, 2.05) is 13.8 Å². The van der Waals surface area contributed by atoms with E-state index in [1.165, 1.54) is 11.2 Å². The minimum atomic E-state index is -2.28. The van der Waals surface area contributed by atoms with Crippen molar-refractivity contribution >= 4 is 17.0 Å². The maximum atomic E-state index is 11.3. The smallest absolute Gasteiger partial charge is 0.148 e. The Morgan fingerprint density at radius 3 is 2.46 bits per heavy atom. The van der Waals surface area contributed by atoms with E-state index in [9.17, 15) is 13.6 Å². The van der Waals surface area contributed by atoms with E-state index in [1.54, 1.807) is 0 Å². The Hall–Kier alpha value is -0.260. The van der Waals surface area contributed by atoms with Gasteiger partial charge in [-0.3, -0.25) is 9.00 Å². The zero-order chi connectivity index (χ0) is 10.2. The molecule has 0 aromatic rings. The zero-order valence-electron chi connectivity index (χ0n) is 8.07. The van der Waals surface area contributed by atoms with Crippen molar-refractivity contribution in [2.24, 2.45) is 5.41 Å². The maximum absolute atomic E-state index is 11.3. The average Bonchev–Trinajstić information content (AvgIpc) is 2.24. The Morgan fingerprint density at radius 2 is 2.15 bits per heavy atom. The van der Waals surface area contributed by atoms with Gasteiger partial charge in [0.1, 0.15) is 5.78 Å². The van der Waals surface area contributed by atoms with Crippen molar-refractivity contribution in [3.63, 3.8) is 0 Å². The first-order chi connectivity index (χ1) is 5.86. The molecule has 1 aliphatic heterocycles. The first kappa shape index (κ1) is 10.8. The van der Waals surface area contributed by atoms with Gasteiger partial charge in [-0.25, -0.2) is 4.31 Å². The van der Waals surface area contributed by atoms with Crippen LogP contribution in [0.3, 0.4) is 0 Å². The quantitative estimate of drug-likeness (QED) is 0.614. The normalized spacial score (nSPS) is 30.3. The van der Waals surface area contributed by atoms with Gasteiger partial charge in [-0.2, -0.15) is 0 Å². The van der Waals surface area contributed by atoms with Crippen LogP contribution >= 0.6 is 0 Å². The molecule has 0 bridgehead atoms. The molecule has 2 unspecified atom stereocenters. The average molecular weight is 204 g/mol. The van der Waals surface area contributed by atoms with Gasteiger partial charge in [-0.15, -0.1) is 0 Å². The van der Waals surface area contributed by atoms with Crippen molar-refractivity contribution in [3.05, 3.63) is 0 Å². The molecule has 0 spiro atoms. The summed E-state index contributed by atoms with van der Waals surface area (Å²) in [5.41, 5.74) is -0.230. The summed E-state index contributed by atoms with van der Waals surface area (Å²) in [5.74, 6) is -0.0771. The molecule has 4 nitrogen and oxygen atoms in total. The van der Waals surface area contributed by atoms with Crippen molar-refractivity contribution in [3.8, 4) is 0 Å². The predicted octanol–water partition coefficient (Wildman–Crippen LogP) is 0.470. The standard InChI is InChI=1S/C8H15NO3S/c1-6(10)7-8(2,3)4-5-9(7)13(11)12/h7H,4-5H2,1-3H3,(H,11,12)/p-1. The Bertz CT molecular complexity index is 252. The van der Waals surface area contributed by atoms with Gasteiger partial charge in [0.05, 0.1) is 6.04 Å². The summed E-state index contributed by atoms with van der Waals surface area (Å²) in [7, 11) is 0. The Balaban J connectivity index is 2.92. The minimum Gasteiger partial charge on any atom is -0.760 e. The van der Waals surface area contributed by atoms with Crippen molar-refractivity contribution in [2.75, 3.05) is 6.54 Å². The summed E-state index contributed by atoms with van der Waals surface area (Å²) in [4.78, 5) is 11.3. The van der Waals surface area contributed by atoms with Crippen LogP contribution in [0.25, 0.3) is 0 Å². The fourth-order valence-electron chi connectivity index (χ4n) is 1.97. The van der Waals surface area contributed by atoms with E-state index in [0.29, 0.717) is 6.54 Å². The lowest BCUT2D eigenvalue weighted by Gasteiger charge is -2.31. The first-order valence-corrected chi connectivity index (χ1v) is 5.26. The van der Waals surface area contributed by atoms with Gasteiger partial charge in [0.15, 0.2) is 0 Å². The fraction of sp³-hybridized carbons (Fsp3) is 0.875. The van der Waals surface area contributed by atoms with E-state index in [0.717, 1.165) is 6.42 Å². The number of carbonyl (C=O) groups excluding carboxylic acids is 1. The highest BCUT2D eigenvalue weighted by Crippen LogP contribution is 2.36. The third-order valence-corrected chi connectivity index (χ3v) is 3.36. The molecule has 0 N–H and O–H groups in total. The van der Waals surface area contributed by atoms with Gasteiger partial charge >= 0.3 is 0 Å². The molecule has 1 saturated heterocycles. The molecule has 0 aliphatic carbocycles. The van der Waals surface area contributed by atoms with E-state index < -0.39 is 17.3 Å². The van der Waals surface area contributed by atoms with Crippen LogP contribution in [0.5, 0.6) is 0 Å². The number of ketones is 1. The van der Waals surface area contributed by atoms with Gasteiger partial charge in [-0.1, -0.05) is 13.8 Å². The summed E-state index contributed by atoms with van der Waals surface area (Å²) in [6.45, 7) is 5.74. The van der Waals surface area contributed by atoms with E-state index in [-0.39, 0.29) is 11.2 Å². The van der Waals surface area contributed by atoms with Crippen molar-refractivity contribution in [1.82, 2.24) is 4.31 Å². The van der Waals surface area contributed by atoms with Gasteiger partial charge in [0.25, 0.3) is 0 Å². The van der Waals surface area contributed by atoms with E-state index >= 15 is 0 Å². The monoisotopic (exact) mass is 204 g/mol. The summed E-state index contributed by atoms with van der Waals surface area (Å²) < 4.78 is 22.8. The summed E-state index contributed by atoms with van der Waals surface area (Å²) in [6, 6.07) is -0.481. The van der Waals surface area contributed by atoms with Crippen LogP contribution in [0.15, 0.2) is 0 Å². The molecule has 1 fully saturated rings. The fourth-order valence-corrected chi connectivity index (χ4v) is 2.81. The summed E-state index contributed by atoms with van der Waals surface area (Å²) >= 11 is -2.28. The second-order valence-corrected chi connectivity index (χ2v) is 5.01. The number of hydrogen-bond donors (Lipinski definition) is 0. The van der Waals surface area contributed by atoms with Crippen molar-refractivity contribution in [1.29, 1.82) is 0 Å². The molecule has 13 heavy (non-hydrogen) atoms. The topological polar surface area (TPSA) is 60.4 Å². The van der Waals surface area contributed by atoms with Crippen molar-refractivity contribution in [2.45, 2.75) is 33.2 Å². The molecule has 76 valence electrons. The third-order valence-electron chi connectivity index (χ3n) is 2.58. The SMILES string of the molecule is CC(=O)C1N(S(=O)[O-])CCC1(C)C. The summed E-state index contributed by atoms with van der Waals surface area (Å²) in [5, 5.41) is 0. The highest BCUT2D eigenvalue weighted by Gasteiger charge is 2.43. The third kappa shape index (κ3) is 1.98. The number of Topliss-reactive ketones (excluding diaryl/α,β-unsaturated/α-hetero) is 1. The minimum absolute atomic E-state index is 0.0771. The van der Waals surface area contributed by atoms with Crippen LogP contribution in [-0.4, -0.2) is 31.4 Å². The summed E-state index contributed by atoms with van der Waals surface area (Å²) in [6.07, 6.45) is 0.741. The van der Waals surface area contributed by atoms with E-state index in [2.05, 4.69) is 0 Å². The Morgan fingerprint density at radius 1 is 1.62 bits per heavy atom. The highest BCUT2D eigenvalue weighted by molar-refractivity contribution is 7.76. The van der Waals surface area contributed by atoms with Crippen LogP contribution in [0.4, 0.5) is 0 Å². The second kappa shape index (κ2) is 3.48. The van der Waals surface area contributed by atoms with Gasteiger partial charge in [0.2, 0.25) is 0 Å². The number of rotatable bonds is 2. The van der Waals surface area contributed by atoms with Crippen LogP contribution in [0.2, 0.25) is 0 Å². The molecule has 1 aliphatic rings. The molecular weight excluding hydrogens is 190 g/mol. The van der Waals surface area contributed by atoms with Crippen LogP contribution in [0, 0.1) is 5.41 Å². The molecule has 5 heteroatoms. The van der Waals surface area contributed by atoms with Gasteiger partial charge < -0.3 is 4.55 Å². The lowest BCUT2D eigenvalue weighted by molar-refractivity contribution is -0.122. The molecule has 1 rings (SSSR count). The highest BCUT2D eigenvalue weighted by atomic mass is 32.2. The van der Waals surface area contributed by atoms with Gasteiger partial charge in [-0.05, 0) is 18.8 Å². The number of carbonyl (C=O) groups is 1. The molecule has 0 saturated carbocycles. The second-order valence-electron chi connectivity index (χ2n) is 4.11. The molecule has 0 amide bonds. The Kier molecular flexibility index (Phi) is 2.89. The lowest BCUT2D eigenvalue weighted by Crippen LogP contribution is -2.42. The van der Waals surface area contributed by atoms with Crippen LogP contribution in [0.1, 0.15) is 27.2 Å². The largest absolute Gasteiger partial charge is 0.760 e. The molecule has 0 radical (unpaired) electrons. The molecule has 0 aromatic heterocycles. The van der Waals surface area contributed by atoms with Gasteiger partial charge in [0, 0.05) is 17.8 Å². The molecule has 0 aromatic carbocycles. The molecule has 1 heterocycles. The molecular formula is C8H14NO3S-. The maximum Gasteiger partial charge on any atom is 0.148 e. The predicted molar refractivity (Wildman–Crippen MR) is 48.5 cm³/mol. The zero-order valence-corrected chi connectivity index (χ0v) is 8.89. The number of nitrogens with zero attached hydrogens (tertiary/aromatic N) is 1. The Labute approximate surface area is 80.7 Å². The van der Waals surface area contributed by atoms with E-state index in [4.69, 9.17) is 0 Å². The van der Waals surface area contributed by atoms with Crippen LogP contribution < -0.4 is 0 Å². The molecule has 2 atom stereocenters. The van der Waals surface area contributed by atoms with Crippen molar-refractivity contribution < 1.29 is 13.6 Å². The van der Waals surface area contributed by atoms with Crippen LogP contribution in [-0.2, 0) is 16.1 Å². The number of hydrogen-bond acceptors (Lipinski definition) is 3. The first-order valence-electron chi connectivity index (χ1n) is 4.23.